The molecule has 0 saturated carbocycles. The van der Waals surface area contributed by atoms with Crippen molar-refractivity contribution in [1.29, 1.82) is 0 Å². The zero-order valence-electron chi connectivity index (χ0n) is 10.7. The van der Waals surface area contributed by atoms with Crippen LogP contribution in [-0.4, -0.2) is 37.4 Å². The van der Waals surface area contributed by atoms with E-state index in [1.165, 1.54) is 12.1 Å². The van der Waals surface area contributed by atoms with Gasteiger partial charge in [-0.15, -0.1) is 0 Å². The third kappa shape index (κ3) is 4.18. The first kappa shape index (κ1) is 15.4. The second-order valence-electron chi connectivity index (χ2n) is 4.15. The first-order valence-electron chi connectivity index (χ1n) is 5.66. The topological polar surface area (TPSA) is 110 Å². The van der Waals surface area contributed by atoms with Gasteiger partial charge in [-0.3, -0.25) is 10.1 Å². The van der Waals surface area contributed by atoms with Gasteiger partial charge in [0.1, 0.15) is 5.69 Å². The molecule has 0 heterocycles. The lowest BCUT2D eigenvalue weighted by Crippen LogP contribution is -2.18. The van der Waals surface area contributed by atoms with Crippen LogP contribution in [-0.2, 0) is 9.84 Å². The minimum atomic E-state index is -3.49. The lowest BCUT2D eigenvalue weighted by atomic mass is 10.2. The Kier molecular flexibility index (Phi) is 4.84. The number of benzene rings is 1. The Hall–Kier alpha value is -1.67. The fraction of sp³-hybridized carbons (Fsp3) is 0.455. The van der Waals surface area contributed by atoms with Gasteiger partial charge in [-0.05, 0) is 18.6 Å². The standard InChI is InChI=1S/C11H16N2O5S/c1-3-8(14)7-12-10-5-4-9(19(2,17)18)6-11(10)13(15)16/h4-6,8,12,14H,3,7H2,1-2H3. The number of aliphatic hydroxyl groups is 1. The fourth-order valence-electron chi connectivity index (χ4n) is 1.41. The predicted molar refractivity (Wildman–Crippen MR) is 71.0 cm³/mol. The molecule has 0 aromatic heterocycles. The molecule has 2 N–H and O–H groups in total. The number of sulfone groups is 1. The van der Waals surface area contributed by atoms with E-state index in [2.05, 4.69) is 5.32 Å². The molecule has 1 rings (SSSR count). The normalized spacial score (nSPS) is 13.0. The van der Waals surface area contributed by atoms with Gasteiger partial charge in [0.25, 0.3) is 5.69 Å². The Labute approximate surface area is 111 Å². The summed E-state index contributed by atoms with van der Waals surface area (Å²) in [5.74, 6) is 0. The van der Waals surface area contributed by atoms with Gasteiger partial charge >= 0.3 is 0 Å². The minimum absolute atomic E-state index is 0.110. The van der Waals surface area contributed by atoms with E-state index < -0.39 is 20.9 Å². The Balaban J connectivity index is 3.09. The van der Waals surface area contributed by atoms with E-state index in [-0.39, 0.29) is 22.8 Å². The summed E-state index contributed by atoms with van der Waals surface area (Å²) in [6, 6.07) is 3.63. The molecule has 0 aliphatic heterocycles. The van der Waals surface area contributed by atoms with E-state index in [0.717, 1.165) is 12.3 Å². The molecule has 0 aliphatic rings. The first-order chi connectivity index (χ1) is 8.75. The average Bonchev–Trinajstić information content (AvgIpc) is 2.34. The highest BCUT2D eigenvalue weighted by Gasteiger charge is 2.18. The molecular formula is C11H16N2O5S. The van der Waals surface area contributed by atoms with Crippen LogP contribution in [0.1, 0.15) is 13.3 Å². The maximum absolute atomic E-state index is 11.3. The predicted octanol–water partition coefficient (Wildman–Crippen LogP) is 1.18. The summed E-state index contributed by atoms with van der Waals surface area (Å²) in [6.45, 7) is 1.95. The zero-order valence-corrected chi connectivity index (χ0v) is 11.5. The van der Waals surface area contributed by atoms with Crippen LogP contribution in [0.4, 0.5) is 11.4 Å². The van der Waals surface area contributed by atoms with Gasteiger partial charge < -0.3 is 10.4 Å². The molecular weight excluding hydrogens is 272 g/mol. The number of rotatable bonds is 6. The van der Waals surface area contributed by atoms with Crippen LogP contribution in [0.3, 0.4) is 0 Å². The van der Waals surface area contributed by atoms with E-state index in [1.807, 2.05) is 0 Å². The van der Waals surface area contributed by atoms with Gasteiger partial charge in [0.15, 0.2) is 9.84 Å². The number of nitrogens with zero attached hydrogens (tertiary/aromatic N) is 1. The first-order valence-corrected chi connectivity index (χ1v) is 7.55. The van der Waals surface area contributed by atoms with Crippen LogP contribution >= 0.6 is 0 Å². The van der Waals surface area contributed by atoms with Gasteiger partial charge in [0.2, 0.25) is 0 Å². The van der Waals surface area contributed by atoms with Crippen molar-refractivity contribution in [2.24, 2.45) is 0 Å². The molecule has 7 nitrogen and oxygen atoms in total. The number of hydrogen-bond acceptors (Lipinski definition) is 6. The summed E-state index contributed by atoms with van der Waals surface area (Å²) >= 11 is 0. The molecule has 1 aromatic carbocycles. The number of anilines is 1. The molecule has 0 spiro atoms. The van der Waals surface area contributed by atoms with Crippen LogP contribution in [0.25, 0.3) is 0 Å². The van der Waals surface area contributed by atoms with Crippen LogP contribution in [0.2, 0.25) is 0 Å². The number of hydrogen-bond donors (Lipinski definition) is 2. The summed E-state index contributed by atoms with van der Waals surface area (Å²) in [7, 11) is -3.49. The third-order valence-corrected chi connectivity index (χ3v) is 3.70. The zero-order chi connectivity index (χ0) is 14.6. The highest BCUT2D eigenvalue weighted by molar-refractivity contribution is 7.90. The molecule has 106 valence electrons. The second kappa shape index (κ2) is 5.98. The molecule has 1 atom stereocenters. The number of nitrogens with one attached hydrogen (secondary N) is 1. The van der Waals surface area contributed by atoms with E-state index >= 15 is 0 Å². The van der Waals surface area contributed by atoms with Crippen molar-refractivity contribution in [3.05, 3.63) is 28.3 Å². The van der Waals surface area contributed by atoms with E-state index in [1.54, 1.807) is 6.92 Å². The summed E-state index contributed by atoms with van der Waals surface area (Å²) in [5.41, 5.74) is -0.142. The SMILES string of the molecule is CCC(O)CNc1ccc(S(C)(=O)=O)cc1[N+](=O)[O-]. The second-order valence-corrected chi connectivity index (χ2v) is 6.17. The molecule has 0 saturated heterocycles. The highest BCUT2D eigenvalue weighted by Crippen LogP contribution is 2.27. The summed E-state index contributed by atoms with van der Waals surface area (Å²) < 4.78 is 22.7. The summed E-state index contributed by atoms with van der Waals surface area (Å²) in [4.78, 5) is 10.2. The lowest BCUT2D eigenvalue weighted by Gasteiger charge is -2.11. The molecule has 0 bridgehead atoms. The van der Waals surface area contributed by atoms with E-state index in [4.69, 9.17) is 0 Å². The molecule has 0 radical (unpaired) electrons. The fourth-order valence-corrected chi connectivity index (χ4v) is 2.06. The lowest BCUT2D eigenvalue weighted by molar-refractivity contribution is -0.384. The van der Waals surface area contributed by atoms with Crippen molar-refractivity contribution in [3.8, 4) is 0 Å². The van der Waals surface area contributed by atoms with Crippen molar-refractivity contribution >= 4 is 21.2 Å². The number of nitro benzene ring substituents is 1. The molecule has 0 amide bonds. The third-order valence-electron chi connectivity index (χ3n) is 2.59. The Morgan fingerprint density at radius 3 is 2.58 bits per heavy atom. The van der Waals surface area contributed by atoms with E-state index in [9.17, 15) is 23.6 Å². The summed E-state index contributed by atoms with van der Waals surface area (Å²) in [6.07, 6.45) is 0.886. The van der Waals surface area contributed by atoms with E-state index in [0.29, 0.717) is 6.42 Å². The van der Waals surface area contributed by atoms with Crippen LogP contribution in [0, 0.1) is 10.1 Å². The van der Waals surface area contributed by atoms with Gasteiger partial charge in [-0.2, -0.15) is 0 Å². The maximum Gasteiger partial charge on any atom is 0.293 e. The van der Waals surface area contributed by atoms with Crippen LogP contribution < -0.4 is 5.32 Å². The minimum Gasteiger partial charge on any atom is -0.391 e. The molecule has 0 aliphatic carbocycles. The largest absolute Gasteiger partial charge is 0.391 e. The molecule has 8 heteroatoms. The quantitative estimate of drug-likeness (QED) is 0.601. The smallest absolute Gasteiger partial charge is 0.293 e. The van der Waals surface area contributed by atoms with Gasteiger partial charge in [0.05, 0.1) is 15.9 Å². The van der Waals surface area contributed by atoms with Gasteiger partial charge in [-0.1, -0.05) is 6.92 Å². The van der Waals surface area contributed by atoms with Crippen molar-refractivity contribution in [1.82, 2.24) is 0 Å². The maximum atomic E-state index is 11.3. The van der Waals surface area contributed by atoms with Gasteiger partial charge in [-0.25, -0.2) is 8.42 Å². The average molecular weight is 288 g/mol. The monoisotopic (exact) mass is 288 g/mol. The van der Waals surface area contributed by atoms with Crippen molar-refractivity contribution in [2.45, 2.75) is 24.3 Å². The van der Waals surface area contributed by atoms with Crippen molar-refractivity contribution < 1.29 is 18.4 Å². The molecule has 1 aromatic rings. The van der Waals surface area contributed by atoms with Crippen LogP contribution in [0.15, 0.2) is 23.1 Å². The number of aliphatic hydroxyl groups excluding tert-OH is 1. The Bertz CT molecular complexity index is 570. The Morgan fingerprint density at radius 2 is 2.11 bits per heavy atom. The van der Waals surface area contributed by atoms with Gasteiger partial charge in [0, 0.05) is 18.9 Å². The molecule has 19 heavy (non-hydrogen) atoms. The summed E-state index contributed by atoms with van der Waals surface area (Å²) in [5, 5.41) is 23.1. The molecule has 0 fully saturated rings. The Morgan fingerprint density at radius 1 is 1.47 bits per heavy atom. The molecule has 1 unspecified atom stereocenters. The number of nitro groups is 1. The van der Waals surface area contributed by atoms with Crippen molar-refractivity contribution in [3.63, 3.8) is 0 Å². The highest BCUT2D eigenvalue weighted by atomic mass is 32.2. The van der Waals surface area contributed by atoms with Crippen LogP contribution in [0.5, 0.6) is 0 Å². The van der Waals surface area contributed by atoms with Crippen molar-refractivity contribution in [2.75, 3.05) is 18.1 Å².